The SMILES string of the molecule is Cc1ccc(O)c(/C=C/C=O)c1. The number of hydrogen-bond acceptors (Lipinski definition) is 2. The second-order valence-corrected chi connectivity index (χ2v) is 2.56. The largest absolute Gasteiger partial charge is 0.507 e. The number of phenolic OH excluding ortho intramolecular Hbond substituents is 1. The molecule has 0 fully saturated rings. The van der Waals surface area contributed by atoms with Gasteiger partial charge in [0.15, 0.2) is 0 Å². The molecule has 62 valence electrons. The highest BCUT2D eigenvalue weighted by Crippen LogP contribution is 2.18. The molecule has 0 heterocycles. The Labute approximate surface area is 71.2 Å². The summed E-state index contributed by atoms with van der Waals surface area (Å²) in [7, 11) is 0. The van der Waals surface area contributed by atoms with Gasteiger partial charge < -0.3 is 5.11 Å². The lowest BCUT2D eigenvalue weighted by molar-refractivity contribution is -0.104. The van der Waals surface area contributed by atoms with Crippen molar-refractivity contribution in [2.24, 2.45) is 0 Å². The highest BCUT2D eigenvalue weighted by molar-refractivity contribution is 5.75. The van der Waals surface area contributed by atoms with Gasteiger partial charge in [-0.2, -0.15) is 0 Å². The Morgan fingerprint density at radius 2 is 2.17 bits per heavy atom. The lowest BCUT2D eigenvalue weighted by Gasteiger charge is -1.98. The number of carbonyl (C=O) groups is 1. The maximum Gasteiger partial charge on any atom is 0.142 e. The molecule has 0 amide bonds. The van der Waals surface area contributed by atoms with Gasteiger partial charge in [0.2, 0.25) is 0 Å². The summed E-state index contributed by atoms with van der Waals surface area (Å²) >= 11 is 0. The van der Waals surface area contributed by atoms with Gasteiger partial charge in [-0.3, -0.25) is 4.79 Å². The Balaban J connectivity index is 3.04. The zero-order valence-corrected chi connectivity index (χ0v) is 6.82. The van der Waals surface area contributed by atoms with Crippen molar-refractivity contribution >= 4 is 12.4 Å². The van der Waals surface area contributed by atoms with Crippen LogP contribution in [0.2, 0.25) is 0 Å². The van der Waals surface area contributed by atoms with Crippen LogP contribution in [0.1, 0.15) is 11.1 Å². The van der Waals surface area contributed by atoms with E-state index in [0.29, 0.717) is 11.8 Å². The van der Waals surface area contributed by atoms with Crippen LogP contribution in [-0.4, -0.2) is 11.4 Å². The first-order valence-electron chi connectivity index (χ1n) is 3.65. The molecule has 1 aromatic carbocycles. The molecule has 12 heavy (non-hydrogen) atoms. The molecular weight excluding hydrogens is 152 g/mol. The van der Waals surface area contributed by atoms with Crippen LogP contribution in [0, 0.1) is 6.92 Å². The zero-order valence-electron chi connectivity index (χ0n) is 6.82. The monoisotopic (exact) mass is 162 g/mol. The van der Waals surface area contributed by atoms with Crippen LogP contribution in [0.3, 0.4) is 0 Å². The molecule has 0 aliphatic rings. The van der Waals surface area contributed by atoms with Crippen LogP contribution in [0.15, 0.2) is 24.3 Å². The van der Waals surface area contributed by atoms with E-state index in [-0.39, 0.29) is 5.75 Å². The zero-order chi connectivity index (χ0) is 8.97. The van der Waals surface area contributed by atoms with Crippen LogP contribution >= 0.6 is 0 Å². The van der Waals surface area contributed by atoms with Crippen molar-refractivity contribution in [2.75, 3.05) is 0 Å². The molecule has 1 N–H and O–H groups in total. The molecule has 0 atom stereocenters. The minimum atomic E-state index is 0.193. The Bertz CT molecular complexity index is 314. The van der Waals surface area contributed by atoms with Crippen molar-refractivity contribution in [3.05, 3.63) is 35.4 Å². The molecule has 0 saturated carbocycles. The predicted molar refractivity (Wildman–Crippen MR) is 47.9 cm³/mol. The van der Waals surface area contributed by atoms with E-state index in [1.54, 1.807) is 12.1 Å². The maximum atomic E-state index is 10.0. The van der Waals surface area contributed by atoms with Crippen molar-refractivity contribution in [3.63, 3.8) is 0 Å². The third-order valence-corrected chi connectivity index (χ3v) is 1.54. The summed E-state index contributed by atoms with van der Waals surface area (Å²) in [4.78, 5) is 10.0. The van der Waals surface area contributed by atoms with E-state index in [0.717, 1.165) is 5.56 Å². The summed E-state index contributed by atoms with van der Waals surface area (Å²) < 4.78 is 0. The van der Waals surface area contributed by atoms with Gasteiger partial charge >= 0.3 is 0 Å². The van der Waals surface area contributed by atoms with Gasteiger partial charge in [-0.25, -0.2) is 0 Å². The summed E-state index contributed by atoms with van der Waals surface area (Å²) in [5.74, 6) is 0.193. The Kier molecular flexibility index (Phi) is 2.64. The lowest BCUT2D eigenvalue weighted by Crippen LogP contribution is -1.77. The molecule has 0 aliphatic carbocycles. The average molecular weight is 162 g/mol. The average Bonchev–Trinajstić information content (AvgIpc) is 2.07. The van der Waals surface area contributed by atoms with Crippen LogP contribution in [0.25, 0.3) is 6.08 Å². The number of aryl methyl sites for hydroxylation is 1. The molecule has 0 aromatic heterocycles. The Morgan fingerprint density at radius 1 is 1.42 bits per heavy atom. The van der Waals surface area contributed by atoms with E-state index in [9.17, 15) is 9.90 Å². The summed E-state index contributed by atoms with van der Waals surface area (Å²) in [5.41, 5.74) is 1.72. The molecule has 0 aliphatic heterocycles. The fourth-order valence-electron chi connectivity index (χ4n) is 0.950. The van der Waals surface area contributed by atoms with E-state index in [2.05, 4.69) is 0 Å². The Hall–Kier alpha value is -1.57. The Morgan fingerprint density at radius 3 is 2.83 bits per heavy atom. The number of benzene rings is 1. The molecule has 1 aromatic rings. The molecular formula is C10H10O2. The summed E-state index contributed by atoms with van der Waals surface area (Å²) in [6.07, 6.45) is 3.62. The summed E-state index contributed by atoms with van der Waals surface area (Å²) in [5, 5.41) is 9.29. The molecule has 2 nitrogen and oxygen atoms in total. The predicted octanol–water partition coefficient (Wildman–Crippen LogP) is 1.91. The number of hydrogen-bond donors (Lipinski definition) is 1. The van der Waals surface area contributed by atoms with E-state index < -0.39 is 0 Å². The van der Waals surface area contributed by atoms with Crippen molar-refractivity contribution in [3.8, 4) is 5.75 Å². The number of rotatable bonds is 2. The molecule has 0 unspecified atom stereocenters. The topological polar surface area (TPSA) is 37.3 Å². The highest BCUT2D eigenvalue weighted by Gasteiger charge is 1.95. The van der Waals surface area contributed by atoms with Gasteiger partial charge in [0.1, 0.15) is 12.0 Å². The molecule has 1 rings (SSSR count). The standard InChI is InChI=1S/C10H10O2/c1-8-4-5-10(12)9(7-8)3-2-6-11/h2-7,12H,1H3/b3-2+. The summed E-state index contributed by atoms with van der Waals surface area (Å²) in [6, 6.07) is 5.24. The van der Waals surface area contributed by atoms with Gasteiger partial charge in [0.25, 0.3) is 0 Å². The van der Waals surface area contributed by atoms with Crippen LogP contribution in [0.4, 0.5) is 0 Å². The lowest BCUT2D eigenvalue weighted by atomic mass is 10.1. The molecule has 0 spiro atoms. The fourth-order valence-corrected chi connectivity index (χ4v) is 0.950. The number of carbonyl (C=O) groups excluding carboxylic acids is 1. The van der Waals surface area contributed by atoms with Crippen molar-refractivity contribution in [1.82, 2.24) is 0 Å². The van der Waals surface area contributed by atoms with Crippen LogP contribution in [-0.2, 0) is 4.79 Å². The number of aromatic hydroxyl groups is 1. The van der Waals surface area contributed by atoms with E-state index in [1.165, 1.54) is 6.08 Å². The van der Waals surface area contributed by atoms with Gasteiger partial charge in [0.05, 0.1) is 0 Å². The smallest absolute Gasteiger partial charge is 0.142 e. The summed E-state index contributed by atoms with van der Waals surface area (Å²) in [6.45, 7) is 1.93. The third kappa shape index (κ3) is 1.95. The minimum absolute atomic E-state index is 0.193. The number of aldehydes is 1. The molecule has 0 radical (unpaired) electrons. The van der Waals surface area contributed by atoms with Gasteiger partial charge in [0, 0.05) is 5.56 Å². The van der Waals surface area contributed by atoms with Crippen LogP contribution < -0.4 is 0 Å². The normalized spacial score (nSPS) is 10.4. The molecule has 2 heteroatoms. The third-order valence-electron chi connectivity index (χ3n) is 1.54. The van der Waals surface area contributed by atoms with Gasteiger partial charge in [-0.1, -0.05) is 11.6 Å². The van der Waals surface area contributed by atoms with Crippen molar-refractivity contribution in [1.29, 1.82) is 0 Å². The maximum absolute atomic E-state index is 10.0. The second kappa shape index (κ2) is 3.72. The first-order valence-corrected chi connectivity index (χ1v) is 3.65. The molecule has 0 bridgehead atoms. The van der Waals surface area contributed by atoms with E-state index >= 15 is 0 Å². The number of allylic oxidation sites excluding steroid dienone is 1. The van der Waals surface area contributed by atoms with Crippen molar-refractivity contribution in [2.45, 2.75) is 6.92 Å². The van der Waals surface area contributed by atoms with Gasteiger partial charge in [-0.05, 0) is 31.2 Å². The van der Waals surface area contributed by atoms with Crippen molar-refractivity contribution < 1.29 is 9.90 Å². The second-order valence-electron chi connectivity index (χ2n) is 2.56. The highest BCUT2D eigenvalue weighted by atomic mass is 16.3. The first kappa shape index (κ1) is 8.53. The first-order chi connectivity index (χ1) is 5.74. The fraction of sp³-hybridized carbons (Fsp3) is 0.100. The number of phenols is 1. The quantitative estimate of drug-likeness (QED) is 0.532. The van der Waals surface area contributed by atoms with Gasteiger partial charge in [-0.15, -0.1) is 0 Å². The van der Waals surface area contributed by atoms with E-state index in [4.69, 9.17) is 0 Å². The minimum Gasteiger partial charge on any atom is -0.507 e. The van der Waals surface area contributed by atoms with E-state index in [1.807, 2.05) is 19.1 Å². The molecule has 0 saturated heterocycles. The van der Waals surface area contributed by atoms with Crippen LogP contribution in [0.5, 0.6) is 5.75 Å².